The Morgan fingerprint density at radius 3 is 2.40 bits per heavy atom. The van der Waals surface area contributed by atoms with Crippen molar-refractivity contribution < 1.29 is 37.4 Å². The Hall–Kier alpha value is -4.35. The van der Waals surface area contributed by atoms with E-state index in [1.165, 1.54) is 0 Å². The number of carbonyl (C=O) groups is 3. The number of hydrogen-bond acceptors (Lipinski definition) is 5. The number of rotatable bonds is 14. The zero-order chi connectivity index (χ0) is 35.4. The number of amides is 2. The minimum Gasteiger partial charge on any atom is -0.488 e. The first-order valence-electron chi connectivity index (χ1n) is 17.0. The van der Waals surface area contributed by atoms with Gasteiger partial charge in [0, 0.05) is 55.2 Å². The molecule has 2 fully saturated rings. The normalized spacial score (nSPS) is 18.6. The molecule has 3 aliphatic rings. The summed E-state index contributed by atoms with van der Waals surface area (Å²) in [7, 11) is 0. The first-order chi connectivity index (χ1) is 24.1. The van der Waals surface area contributed by atoms with Gasteiger partial charge in [0.25, 0.3) is 5.91 Å². The lowest BCUT2D eigenvalue weighted by Crippen LogP contribution is -2.62. The van der Waals surface area contributed by atoms with Gasteiger partial charge in [-0.1, -0.05) is 54.1 Å². The van der Waals surface area contributed by atoms with Crippen molar-refractivity contribution in [3.63, 3.8) is 0 Å². The van der Waals surface area contributed by atoms with Gasteiger partial charge in [-0.3, -0.25) is 14.4 Å². The Morgan fingerprint density at radius 2 is 1.68 bits per heavy atom. The van der Waals surface area contributed by atoms with E-state index in [9.17, 15) is 27.6 Å². The molecule has 2 aliphatic heterocycles. The average molecular weight is 710 g/mol. The van der Waals surface area contributed by atoms with Crippen LogP contribution in [0.25, 0.3) is 5.57 Å². The standard InChI is InChI=1S/C38H39ClF3N3O5/c39-29-7-2-1-6-25(29)20-45(27-14-15-27)38(49)35-28(19-26-21-44(22-32(35)43-26)33(46)8-3-9-34(47)48)24-12-10-23(11-13-24)5-4-18-50-37-31(41)17-16-30(40)36(37)42/h1-2,6-7,10-13,16-17,26-27,32,43H,3-5,8-9,14-15,18-22H2,(H,47,48). The minimum atomic E-state index is -1.35. The first-order valence-corrected chi connectivity index (χ1v) is 17.4. The van der Waals surface area contributed by atoms with E-state index >= 15 is 0 Å². The lowest BCUT2D eigenvalue weighted by Gasteiger charge is -2.45. The van der Waals surface area contributed by atoms with Gasteiger partial charge in [0.05, 0.1) is 12.6 Å². The molecule has 0 aromatic heterocycles. The Labute approximate surface area is 293 Å². The predicted molar refractivity (Wildman–Crippen MR) is 182 cm³/mol. The molecule has 8 nitrogen and oxygen atoms in total. The number of aryl methyl sites for hydroxylation is 1. The second-order valence-corrected chi connectivity index (χ2v) is 13.5. The van der Waals surface area contributed by atoms with Crippen molar-refractivity contribution in [2.24, 2.45) is 0 Å². The molecule has 1 saturated carbocycles. The lowest BCUT2D eigenvalue weighted by molar-refractivity contribution is -0.138. The van der Waals surface area contributed by atoms with Crippen molar-refractivity contribution in [3.05, 3.63) is 105 Å². The number of carboxylic acid groups (broad SMARTS) is 1. The molecule has 0 spiro atoms. The summed E-state index contributed by atoms with van der Waals surface area (Å²) in [4.78, 5) is 42.5. The van der Waals surface area contributed by atoms with Crippen molar-refractivity contribution >= 4 is 35.0 Å². The fourth-order valence-corrected chi connectivity index (χ4v) is 7.00. The molecule has 6 rings (SSSR count). The third kappa shape index (κ3) is 8.33. The Kier molecular flexibility index (Phi) is 11.1. The Balaban J connectivity index is 1.22. The zero-order valence-electron chi connectivity index (χ0n) is 27.5. The summed E-state index contributed by atoms with van der Waals surface area (Å²) in [6.45, 7) is 1.09. The monoisotopic (exact) mass is 709 g/mol. The number of piperazine rings is 1. The second-order valence-electron chi connectivity index (χ2n) is 13.1. The SMILES string of the molecule is O=C(O)CCCC(=O)N1CC2CC(c3ccc(CCCOc4c(F)ccc(F)c4F)cc3)=C(C(=O)N(Cc3ccccc3Cl)C3CC3)C(C1)N2. The minimum absolute atomic E-state index is 0.00810. The van der Waals surface area contributed by atoms with Gasteiger partial charge < -0.3 is 25.0 Å². The molecule has 12 heteroatoms. The van der Waals surface area contributed by atoms with Crippen molar-refractivity contribution in [2.45, 2.75) is 76.0 Å². The second kappa shape index (κ2) is 15.7. The molecule has 0 radical (unpaired) electrons. The fraction of sp³-hybridized carbons (Fsp3) is 0.395. The maximum absolute atomic E-state index is 14.7. The molecule has 3 aromatic rings. The van der Waals surface area contributed by atoms with Gasteiger partial charge in [0.1, 0.15) is 0 Å². The number of carboxylic acids is 1. The predicted octanol–water partition coefficient (Wildman–Crippen LogP) is 6.54. The molecule has 1 aliphatic carbocycles. The molecule has 3 aromatic carbocycles. The number of nitrogens with one attached hydrogen (secondary N) is 1. The van der Waals surface area contributed by atoms with Gasteiger partial charge in [0.15, 0.2) is 17.4 Å². The summed E-state index contributed by atoms with van der Waals surface area (Å²) in [5, 5.41) is 13.2. The van der Waals surface area contributed by atoms with E-state index in [2.05, 4.69) is 5.32 Å². The van der Waals surface area contributed by atoms with Gasteiger partial charge in [0.2, 0.25) is 11.7 Å². The van der Waals surface area contributed by atoms with E-state index in [1.54, 1.807) is 4.90 Å². The van der Waals surface area contributed by atoms with Crippen LogP contribution in [0, 0.1) is 17.5 Å². The van der Waals surface area contributed by atoms with Crippen LogP contribution in [0.4, 0.5) is 13.2 Å². The molecule has 2 N–H and O–H groups in total. The van der Waals surface area contributed by atoms with Crippen LogP contribution in [0.15, 0.2) is 66.2 Å². The summed E-state index contributed by atoms with van der Waals surface area (Å²) in [6.07, 6.45) is 3.58. The largest absolute Gasteiger partial charge is 0.488 e. The van der Waals surface area contributed by atoms with E-state index in [-0.39, 0.29) is 49.8 Å². The molecule has 2 bridgehead atoms. The van der Waals surface area contributed by atoms with Gasteiger partial charge in [-0.2, -0.15) is 4.39 Å². The van der Waals surface area contributed by atoms with Crippen LogP contribution in [0.5, 0.6) is 5.75 Å². The van der Waals surface area contributed by atoms with Crippen LogP contribution >= 0.6 is 11.6 Å². The molecule has 2 atom stereocenters. The molecular weight excluding hydrogens is 671 g/mol. The number of benzene rings is 3. The Morgan fingerprint density at radius 1 is 0.940 bits per heavy atom. The van der Waals surface area contributed by atoms with E-state index in [0.29, 0.717) is 55.6 Å². The molecule has 2 heterocycles. The number of nitrogens with zero attached hydrogens (tertiary/aromatic N) is 2. The number of hydrogen-bond donors (Lipinski definition) is 2. The molecule has 2 amide bonds. The Bertz CT molecular complexity index is 1780. The van der Waals surface area contributed by atoms with Crippen molar-refractivity contribution in [2.75, 3.05) is 19.7 Å². The van der Waals surface area contributed by atoms with E-state index in [4.69, 9.17) is 21.4 Å². The highest BCUT2D eigenvalue weighted by Gasteiger charge is 2.43. The third-order valence-corrected chi connectivity index (χ3v) is 9.85. The average Bonchev–Trinajstić information content (AvgIpc) is 3.94. The molecule has 264 valence electrons. The highest BCUT2D eigenvalue weighted by atomic mass is 35.5. The maximum atomic E-state index is 14.7. The fourth-order valence-electron chi connectivity index (χ4n) is 6.80. The van der Waals surface area contributed by atoms with Crippen LogP contribution in [0.1, 0.15) is 61.6 Å². The van der Waals surface area contributed by atoms with Gasteiger partial charge in [-0.15, -0.1) is 0 Å². The highest BCUT2D eigenvalue weighted by Crippen LogP contribution is 2.38. The molecule has 2 unspecified atom stereocenters. The topological polar surface area (TPSA) is 99.2 Å². The summed E-state index contributed by atoms with van der Waals surface area (Å²) < 4.78 is 46.6. The van der Waals surface area contributed by atoms with Gasteiger partial charge in [-0.25, -0.2) is 8.78 Å². The molecular formula is C38H39ClF3N3O5. The van der Waals surface area contributed by atoms with E-state index < -0.39 is 35.2 Å². The van der Waals surface area contributed by atoms with Crippen molar-refractivity contribution in [1.29, 1.82) is 0 Å². The third-order valence-electron chi connectivity index (χ3n) is 9.48. The van der Waals surface area contributed by atoms with Crippen LogP contribution in [-0.4, -0.2) is 70.5 Å². The smallest absolute Gasteiger partial charge is 0.303 e. The molecule has 1 saturated heterocycles. The summed E-state index contributed by atoms with van der Waals surface area (Å²) in [6, 6.07) is 16.4. The first kappa shape index (κ1) is 35.5. The van der Waals surface area contributed by atoms with Crippen molar-refractivity contribution in [1.82, 2.24) is 15.1 Å². The van der Waals surface area contributed by atoms with Gasteiger partial charge >= 0.3 is 5.97 Å². The number of fused-ring (bicyclic) bond motifs is 2. The maximum Gasteiger partial charge on any atom is 0.303 e. The van der Waals surface area contributed by atoms with E-state index in [1.807, 2.05) is 53.4 Å². The summed E-state index contributed by atoms with van der Waals surface area (Å²) in [5.41, 5.74) is 4.23. The van der Waals surface area contributed by atoms with Gasteiger partial charge in [-0.05, 0) is 79.0 Å². The molecule has 50 heavy (non-hydrogen) atoms. The number of carbonyl (C=O) groups excluding carboxylic acids is 2. The zero-order valence-corrected chi connectivity index (χ0v) is 28.2. The van der Waals surface area contributed by atoms with E-state index in [0.717, 1.165) is 41.2 Å². The number of ether oxygens (including phenoxy) is 1. The highest BCUT2D eigenvalue weighted by molar-refractivity contribution is 6.31. The van der Waals surface area contributed by atoms with Crippen molar-refractivity contribution in [3.8, 4) is 5.75 Å². The van der Waals surface area contributed by atoms with Crippen LogP contribution < -0.4 is 10.1 Å². The van der Waals surface area contributed by atoms with Crippen LogP contribution in [-0.2, 0) is 27.3 Å². The quantitative estimate of drug-likeness (QED) is 0.146. The van der Waals surface area contributed by atoms with Crippen LogP contribution in [0.3, 0.4) is 0 Å². The van der Waals surface area contributed by atoms with Crippen LogP contribution in [0.2, 0.25) is 5.02 Å². The lowest BCUT2D eigenvalue weighted by atomic mass is 9.82. The summed E-state index contributed by atoms with van der Waals surface area (Å²) >= 11 is 6.52. The number of aliphatic carboxylic acids is 1. The number of halogens is 4. The summed E-state index contributed by atoms with van der Waals surface area (Å²) in [5.74, 6) is -5.38.